The molecule has 0 aliphatic heterocycles. The van der Waals surface area contributed by atoms with Crippen molar-refractivity contribution in [2.75, 3.05) is 13.2 Å². The molecule has 0 bridgehead atoms. The van der Waals surface area contributed by atoms with Gasteiger partial charge in [0, 0.05) is 18.3 Å². The molecular weight excluding hydrogens is 269 g/mol. The molecule has 1 rings (SSSR count). The summed E-state index contributed by atoms with van der Waals surface area (Å²) >= 11 is 0. The Balaban J connectivity index is 0.00000289. The Hall–Kier alpha value is -1.01. The van der Waals surface area contributed by atoms with Crippen molar-refractivity contribution in [1.82, 2.24) is 10.3 Å². The Bertz CT molecular complexity index is 343. The predicted molar refractivity (Wildman–Crippen MR) is 65.1 cm³/mol. The van der Waals surface area contributed by atoms with E-state index < -0.39 is 12.8 Å². The van der Waals surface area contributed by atoms with Crippen molar-refractivity contribution >= 4 is 12.4 Å². The highest BCUT2D eigenvalue weighted by atomic mass is 35.5. The summed E-state index contributed by atoms with van der Waals surface area (Å²) < 4.78 is 40.2. The van der Waals surface area contributed by atoms with Gasteiger partial charge in [-0.15, -0.1) is 12.4 Å². The van der Waals surface area contributed by atoms with Crippen LogP contribution in [-0.4, -0.2) is 24.3 Å². The first kappa shape index (κ1) is 17.0. The average Bonchev–Trinajstić information content (AvgIpc) is 2.26. The minimum atomic E-state index is -4.34. The standard InChI is InChI=1S/C11H15F3N2O.ClH/c1-3-15-8(2)9-4-5-10(16-6-9)17-7-11(12,13)14;/h4-6,8,15H,3,7H2,1-2H3;1H. The molecule has 1 unspecified atom stereocenters. The minimum Gasteiger partial charge on any atom is -0.468 e. The molecule has 0 spiro atoms. The average molecular weight is 285 g/mol. The molecule has 0 aliphatic rings. The van der Waals surface area contributed by atoms with Crippen LogP contribution in [0.3, 0.4) is 0 Å². The second-order valence-electron chi connectivity index (χ2n) is 3.61. The highest BCUT2D eigenvalue weighted by Crippen LogP contribution is 2.18. The number of nitrogens with zero attached hydrogens (tertiary/aromatic N) is 1. The van der Waals surface area contributed by atoms with Gasteiger partial charge < -0.3 is 10.1 Å². The first-order chi connectivity index (χ1) is 7.92. The Morgan fingerprint density at radius 1 is 1.39 bits per heavy atom. The lowest BCUT2D eigenvalue weighted by Gasteiger charge is -2.13. The van der Waals surface area contributed by atoms with E-state index in [1.807, 2.05) is 13.8 Å². The molecule has 0 aliphatic carbocycles. The van der Waals surface area contributed by atoms with E-state index in [2.05, 4.69) is 15.0 Å². The third-order valence-corrected chi connectivity index (χ3v) is 2.15. The van der Waals surface area contributed by atoms with Gasteiger partial charge in [0.15, 0.2) is 6.61 Å². The van der Waals surface area contributed by atoms with Crippen LogP contribution in [0, 0.1) is 0 Å². The summed E-state index contributed by atoms with van der Waals surface area (Å²) in [4.78, 5) is 3.82. The number of alkyl halides is 3. The van der Waals surface area contributed by atoms with Crippen molar-refractivity contribution in [3.05, 3.63) is 23.9 Å². The van der Waals surface area contributed by atoms with Crippen molar-refractivity contribution in [2.24, 2.45) is 0 Å². The number of hydrogen-bond donors (Lipinski definition) is 1. The highest BCUT2D eigenvalue weighted by molar-refractivity contribution is 5.85. The van der Waals surface area contributed by atoms with E-state index in [1.165, 1.54) is 12.3 Å². The first-order valence-corrected chi connectivity index (χ1v) is 5.31. The zero-order chi connectivity index (χ0) is 12.9. The zero-order valence-electron chi connectivity index (χ0n) is 10.1. The van der Waals surface area contributed by atoms with Crippen LogP contribution in [-0.2, 0) is 0 Å². The highest BCUT2D eigenvalue weighted by Gasteiger charge is 2.28. The van der Waals surface area contributed by atoms with Gasteiger partial charge in [0.2, 0.25) is 5.88 Å². The van der Waals surface area contributed by atoms with Crippen molar-refractivity contribution in [2.45, 2.75) is 26.1 Å². The minimum absolute atomic E-state index is 0. The van der Waals surface area contributed by atoms with Crippen molar-refractivity contribution in [3.63, 3.8) is 0 Å². The number of aromatic nitrogens is 1. The summed E-state index contributed by atoms with van der Waals surface area (Å²) in [5, 5.41) is 3.18. The second kappa shape index (κ2) is 7.43. The molecule has 3 nitrogen and oxygen atoms in total. The fraction of sp³-hybridized carbons (Fsp3) is 0.545. The first-order valence-electron chi connectivity index (χ1n) is 5.31. The predicted octanol–water partition coefficient (Wildman–Crippen LogP) is 3.12. The van der Waals surface area contributed by atoms with Crippen LogP contribution in [0.2, 0.25) is 0 Å². The molecule has 1 atom stereocenters. The number of hydrogen-bond acceptors (Lipinski definition) is 3. The summed E-state index contributed by atoms with van der Waals surface area (Å²) in [5.74, 6) is -0.0187. The summed E-state index contributed by atoms with van der Waals surface area (Å²) in [5.41, 5.74) is 0.909. The van der Waals surface area contributed by atoms with Gasteiger partial charge in [0.1, 0.15) is 0 Å². The number of nitrogens with one attached hydrogen (secondary N) is 1. The lowest BCUT2D eigenvalue weighted by Crippen LogP contribution is -2.20. The van der Waals surface area contributed by atoms with Crippen molar-refractivity contribution in [1.29, 1.82) is 0 Å². The van der Waals surface area contributed by atoms with E-state index in [9.17, 15) is 13.2 Å². The molecule has 1 N–H and O–H groups in total. The molecule has 0 saturated carbocycles. The molecule has 0 saturated heterocycles. The quantitative estimate of drug-likeness (QED) is 0.902. The van der Waals surface area contributed by atoms with Crippen molar-refractivity contribution in [3.8, 4) is 5.88 Å². The fourth-order valence-corrected chi connectivity index (χ4v) is 1.31. The van der Waals surface area contributed by atoms with Gasteiger partial charge in [-0.05, 0) is 19.0 Å². The fourth-order valence-electron chi connectivity index (χ4n) is 1.31. The Kier molecular flexibility index (Phi) is 7.01. The van der Waals surface area contributed by atoms with Crippen molar-refractivity contribution < 1.29 is 17.9 Å². The summed E-state index contributed by atoms with van der Waals surface area (Å²) in [6.45, 7) is 3.43. The molecule has 0 fully saturated rings. The third-order valence-electron chi connectivity index (χ3n) is 2.15. The van der Waals surface area contributed by atoms with Crippen LogP contribution >= 0.6 is 12.4 Å². The smallest absolute Gasteiger partial charge is 0.422 e. The summed E-state index contributed by atoms with van der Waals surface area (Å²) in [6, 6.07) is 3.25. The SMILES string of the molecule is CCNC(C)c1ccc(OCC(F)(F)F)nc1.Cl. The van der Waals surface area contributed by atoms with Gasteiger partial charge >= 0.3 is 6.18 Å². The molecule has 1 aromatic rings. The maximum Gasteiger partial charge on any atom is 0.422 e. The maximum absolute atomic E-state index is 11.9. The molecule has 1 aromatic heterocycles. The molecule has 18 heavy (non-hydrogen) atoms. The molecular formula is C11H16ClF3N2O. The molecule has 104 valence electrons. The number of halogens is 4. The van der Waals surface area contributed by atoms with E-state index in [1.54, 1.807) is 6.07 Å². The third kappa shape index (κ3) is 6.07. The zero-order valence-corrected chi connectivity index (χ0v) is 10.9. The van der Waals surface area contributed by atoms with E-state index in [0.29, 0.717) is 0 Å². The molecule has 0 amide bonds. The second-order valence-corrected chi connectivity index (χ2v) is 3.61. The Morgan fingerprint density at radius 2 is 2.06 bits per heavy atom. The van der Waals surface area contributed by atoms with Gasteiger partial charge in [0.05, 0.1) is 0 Å². The van der Waals surface area contributed by atoms with E-state index in [0.717, 1.165) is 12.1 Å². The number of ether oxygens (including phenoxy) is 1. The van der Waals surface area contributed by atoms with Gasteiger partial charge in [0.25, 0.3) is 0 Å². The molecule has 0 radical (unpaired) electrons. The molecule has 1 heterocycles. The van der Waals surface area contributed by atoms with Crippen LogP contribution in [0.15, 0.2) is 18.3 Å². The normalized spacial score (nSPS) is 12.7. The Morgan fingerprint density at radius 3 is 2.50 bits per heavy atom. The summed E-state index contributed by atoms with van der Waals surface area (Å²) in [6.07, 6.45) is -2.82. The topological polar surface area (TPSA) is 34.1 Å². The van der Waals surface area contributed by atoms with Gasteiger partial charge in [-0.1, -0.05) is 13.0 Å². The summed E-state index contributed by atoms with van der Waals surface area (Å²) in [7, 11) is 0. The Labute approximate surface area is 110 Å². The van der Waals surface area contributed by atoms with Crippen LogP contribution in [0.1, 0.15) is 25.5 Å². The van der Waals surface area contributed by atoms with E-state index in [4.69, 9.17) is 0 Å². The van der Waals surface area contributed by atoms with Gasteiger partial charge in [-0.3, -0.25) is 0 Å². The lowest BCUT2D eigenvalue weighted by atomic mass is 10.1. The van der Waals surface area contributed by atoms with E-state index in [-0.39, 0.29) is 24.3 Å². The van der Waals surface area contributed by atoms with Crippen LogP contribution in [0.5, 0.6) is 5.88 Å². The number of pyridine rings is 1. The monoisotopic (exact) mass is 284 g/mol. The van der Waals surface area contributed by atoms with Gasteiger partial charge in [-0.25, -0.2) is 4.98 Å². The van der Waals surface area contributed by atoms with Crippen LogP contribution in [0.25, 0.3) is 0 Å². The lowest BCUT2D eigenvalue weighted by molar-refractivity contribution is -0.154. The maximum atomic E-state index is 11.9. The van der Waals surface area contributed by atoms with Gasteiger partial charge in [-0.2, -0.15) is 13.2 Å². The van der Waals surface area contributed by atoms with Crippen LogP contribution < -0.4 is 10.1 Å². The molecule has 7 heteroatoms. The van der Waals surface area contributed by atoms with Crippen LogP contribution in [0.4, 0.5) is 13.2 Å². The number of rotatable bonds is 5. The molecule has 0 aromatic carbocycles. The largest absolute Gasteiger partial charge is 0.468 e. The van der Waals surface area contributed by atoms with E-state index >= 15 is 0 Å².